The van der Waals surface area contributed by atoms with Gasteiger partial charge in [-0.2, -0.15) is 0 Å². The average Bonchev–Trinajstić information content (AvgIpc) is 2.47. The van der Waals surface area contributed by atoms with Gasteiger partial charge in [0.05, 0.1) is 6.61 Å². The van der Waals surface area contributed by atoms with Gasteiger partial charge in [-0.1, -0.05) is 49.7 Å². The Morgan fingerprint density at radius 1 is 1.17 bits per heavy atom. The zero-order valence-electron chi connectivity index (χ0n) is 12.8. The molecule has 0 fully saturated rings. The highest BCUT2D eigenvalue weighted by Crippen LogP contribution is 2.36. The van der Waals surface area contributed by atoms with Crippen molar-refractivity contribution in [2.75, 3.05) is 13.2 Å². The summed E-state index contributed by atoms with van der Waals surface area (Å²) >= 11 is 8.64. The number of rotatable bonds is 6. The summed E-state index contributed by atoms with van der Waals surface area (Å²) in [5.74, 6) is 0.331. The molecule has 0 N–H and O–H groups in total. The van der Waals surface area contributed by atoms with Gasteiger partial charge in [-0.25, -0.2) is 4.79 Å². The monoisotopic (exact) mass is 458 g/mol. The van der Waals surface area contributed by atoms with Crippen molar-refractivity contribution in [1.82, 2.24) is 0 Å². The van der Waals surface area contributed by atoms with E-state index < -0.39 is 0 Å². The highest BCUT2D eigenvalue weighted by atomic mass is 79.9. The van der Waals surface area contributed by atoms with Crippen LogP contribution in [0.3, 0.4) is 0 Å². The van der Waals surface area contributed by atoms with E-state index in [-0.39, 0.29) is 12.6 Å². The Morgan fingerprint density at radius 3 is 2.52 bits per heavy atom. The molecule has 0 aliphatic heterocycles. The Morgan fingerprint density at radius 2 is 1.87 bits per heavy atom. The first-order valence-corrected chi connectivity index (χ1v) is 9.42. The van der Waals surface area contributed by atoms with Crippen molar-refractivity contribution >= 4 is 49.6 Å². The van der Waals surface area contributed by atoms with Crippen LogP contribution < -0.4 is 4.74 Å². The zero-order valence-corrected chi connectivity index (χ0v) is 16.8. The molecule has 6 heteroatoms. The second kappa shape index (κ2) is 8.76. The van der Waals surface area contributed by atoms with Crippen LogP contribution in [0.15, 0.2) is 55.1 Å². The number of benzene rings is 2. The van der Waals surface area contributed by atoms with Crippen molar-refractivity contribution in [2.24, 2.45) is 0 Å². The van der Waals surface area contributed by atoms with Gasteiger partial charge in [0, 0.05) is 24.3 Å². The van der Waals surface area contributed by atoms with Crippen molar-refractivity contribution in [3.8, 4) is 5.75 Å². The molecular weight excluding hydrogens is 444 g/mol. The lowest BCUT2D eigenvalue weighted by atomic mass is 10.2. The molecular formula is C17H16Br2O3S. The molecule has 0 atom stereocenters. The maximum absolute atomic E-state index is 11.4. The number of carbonyl (C=O) groups excluding carboxylic acids is 1. The number of carbonyl (C=O) groups is 1. The van der Waals surface area contributed by atoms with Crippen LogP contribution in [0.5, 0.6) is 5.75 Å². The van der Waals surface area contributed by atoms with Crippen molar-refractivity contribution < 1.29 is 14.3 Å². The van der Waals surface area contributed by atoms with Crippen molar-refractivity contribution in [1.29, 1.82) is 0 Å². The summed E-state index contributed by atoms with van der Waals surface area (Å²) in [5.41, 5.74) is 0.998. The third kappa shape index (κ3) is 5.55. The minimum atomic E-state index is -0.360. The van der Waals surface area contributed by atoms with Gasteiger partial charge in [0.1, 0.15) is 5.75 Å². The van der Waals surface area contributed by atoms with Gasteiger partial charge in [-0.15, -0.1) is 0 Å². The SMILES string of the molecule is CCOC(=O)COc1cccc(Sc2cc(Br)cc(Br)c2)c1C. The molecule has 0 spiro atoms. The largest absolute Gasteiger partial charge is 0.482 e. The van der Waals surface area contributed by atoms with E-state index in [0.717, 1.165) is 24.3 Å². The van der Waals surface area contributed by atoms with E-state index in [9.17, 15) is 4.79 Å². The highest BCUT2D eigenvalue weighted by molar-refractivity contribution is 9.11. The molecule has 0 heterocycles. The van der Waals surface area contributed by atoms with E-state index in [0.29, 0.717) is 12.4 Å². The number of hydrogen-bond donors (Lipinski definition) is 0. The predicted molar refractivity (Wildman–Crippen MR) is 99.3 cm³/mol. The maximum Gasteiger partial charge on any atom is 0.344 e. The molecule has 0 saturated heterocycles. The molecule has 0 aliphatic rings. The Labute approximate surface area is 157 Å². The first kappa shape index (κ1) is 18.4. The molecule has 122 valence electrons. The molecule has 0 unspecified atom stereocenters. The van der Waals surface area contributed by atoms with Crippen LogP contribution in [0.1, 0.15) is 12.5 Å². The van der Waals surface area contributed by atoms with Crippen LogP contribution in [0.4, 0.5) is 0 Å². The fourth-order valence-corrected chi connectivity index (χ4v) is 4.54. The summed E-state index contributed by atoms with van der Waals surface area (Å²) in [6, 6.07) is 11.9. The van der Waals surface area contributed by atoms with E-state index in [4.69, 9.17) is 9.47 Å². The molecule has 2 aromatic rings. The summed E-state index contributed by atoms with van der Waals surface area (Å²) in [7, 11) is 0. The van der Waals surface area contributed by atoms with E-state index in [1.165, 1.54) is 0 Å². The fourth-order valence-electron chi connectivity index (χ4n) is 1.92. The first-order valence-electron chi connectivity index (χ1n) is 7.01. The lowest BCUT2D eigenvalue weighted by Crippen LogP contribution is -2.15. The van der Waals surface area contributed by atoms with Crippen molar-refractivity contribution in [3.05, 3.63) is 50.9 Å². The molecule has 2 aromatic carbocycles. The van der Waals surface area contributed by atoms with Gasteiger partial charge in [-0.05, 0) is 44.2 Å². The van der Waals surface area contributed by atoms with Crippen LogP contribution in [0.2, 0.25) is 0 Å². The smallest absolute Gasteiger partial charge is 0.344 e. The van der Waals surface area contributed by atoms with Crippen molar-refractivity contribution in [3.63, 3.8) is 0 Å². The second-order valence-electron chi connectivity index (χ2n) is 4.68. The summed E-state index contributed by atoms with van der Waals surface area (Å²) in [5, 5.41) is 0. The third-order valence-electron chi connectivity index (χ3n) is 2.95. The zero-order chi connectivity index (χ0) is 16.8. The Bertz CT molecular complexity index is 684. The molecule has 0 saturated carbocycles. The molecule has 0 aromatic heterocycles. The van der Waals surface area contributed by atoms with Crippen LogP contribution in [0, 0.1) is 6.92 Å². The Kier molecular flexibility index (Phi) is 6.99. The summed E-state index contributed by atoms with van der Waals surface area (Å²) < 4.78 is 12.5. The molecule has 0 amide bonds. The van der Waals surface area contributed by atoms with Crippen LogP contribution in [0.25, 0.3) is 0 Å². The van der Waals surface area contributed by atoms with E-state index in [1.54, 1.807) is 18.7 Å². The van der Waals surface area contributed by atoms with Gasteiger partial charge in [0.2, 0.25) is 0 Å². The average molecular weight is 460 g/mol. The fraction of sp³-hybridized carbons (Fsp3) is 0.235. The normalized spacial score (nSPS) is 10.4. The number of halogens is 2. The molecule has 23 heavy (non-hydrogen) atoms. The van der Waals surface area contributed by atoms with Gasteiger partial charge < -0.3 is 9.47 Å². The maximum atomic E-state index is 11.4. The van der Waals surface area contributed by atoms with E-state index in [1.807, 2.05) is 31.2 Å². The van der Waals surface area contributed by atoms with E-state index >= 15 is 0 Å². The molecule has 0 bridgehead atoms. The molecule has 2 rings (SSSR count). The van der Waals surface area contributed by atoms with Crippen LogP contribution in [-0.4, -0.2) is 19.2 Å². The number of hydrogen-bond acceptors (Lipinski definition) is 4. The van der Waals surface area contributed by atoms with Crippen molar-refractivity contribution in [2.45, 2.75) is 23.6 Å². The molecule has 3 nitrogen and oxygen atoms in total. The van der Waals surface area contributed by atoms with Gasteiger partial charge in [0.15, 0.2) is 6.61 Å². The minimum Gasteiger partial charge on any atom is -0.482 e. The van der Waals surface area contributed by atoms with Crippen LogP contribution in [-0.2, 0) is 9.53 Å². The summed E-state index contributed by atoms with van der Waals surface area (Å²) in [6.07, 6.45) is 0. The standard InChI is InChI=1S/C17H16Br2O3S/c1-3-21-17(20)10-22-15-5-4-6-16(11(15)2)23-14-8-12(18)7-13(19)9-14/h4-9H,3,10H2,1-2H3. The lowest BCUT2D eigenvalue weighted by molar-refractivity contribution is -0.145. The molecule has 0 aliphatic carbocycles. The van der Waals surface area contributed by atoms with E-state index in [2.05, 4.69) is 44.0 Å². The van der Waals surface area contributed by atoms with Crippen LogP contribution >= 0.6 is 43.6 Å². The minimum absolute atomic E-state index is 0.0781. The molecule has 0 radical (unpaired) electrons. The van der Waals surface area contributed by atoms with Gasteiger partial charge in [0.25, 0.3) is 0 Å². The lowest BCUT2D eigenvalue weighted by Gasteiger charge is -2.12. The first-order chi connectivity index (χ1) is 11.0. The highest BCUT2D eigenvalue weighted by Gasteiger charge is 2.10. The Balaban J connectivity index is 2.14. The Hall–Kier alpha value is -0.980. The topological polar surface area (TPSA) is 35.5 Å². The quantitative estimate of drug-likeness (QED) is 0.525. The second-order valence-corrected chi connectivity index (χ2v) is 7.63. The predicted octanol–water partition coefficient (Wildman–Crippen LogP) is 5.61. The summed E-state index contributed by atoms with van der Waals surface area (Å²) in [4.78, 5) is 13.6. The summed E-state index contributed by atoms with van der Waals surface area (Å²) in [6.45, 7) is 4.03. The van der Waals surface area contributed by atoms with Gasteiger partial charge >= 0.3 is 5.97 Å². The van der Waals surface area contributed by atoms with Gasteiger partial charge in [-0.3, -0.25) is 0 Å². The third-order valence-corrected chi connectivity index (χ3v) is 5.00. The number of esters is 1. The number of ether oxygens (including phenoxy) is 2.